The van der Waals surface area contributed by atoms with Crippen molar-refractivity contribution in [1.82, 2.24) is 25.8 Å². The number of nitrogens with zero attached hydrogens (tertiary/aromatic N) is 5. The van der Waals surface area contributed by atoms with Crippen molar-refractivity contribution in [2.75, 3.05) is 49.3 Å². The first-order valence-corrected chi connectivity index (χ1v) is 15.0. The number of aromatic nitrogens is 3. The molecule has 3 rings (SSSR count). The fourth-order valence-electron chi connectivity index (χ4n) is 3.51. The predicted octanol–water partition coefficient (Wildman–Crippen LogP) is -5.61. The van der Waals surface area contributed by atoms with Crippen molar-refractivity contribution >= 4 is 30.5 Å². The standard InChI is InChI=1S/3C9H12N2O3.2C3H7NO.Fe/c3*1-5-4-6(12)8(13)7(11(5)3)9(14)10-2;2*1-4(2)3-5;/h3*4H,1-3H3,(H2,10,13,14);2*3H,1-2H3;/q;;;;;+3/p-3. The first kappa shape index (κ1) is 51.5. The first-order valence-electron chi connectivity index (χ1n) is 15.0. The molecular weight excluding hydrogens is 740 g/mol. The summed E-state index contributed by atoms with van der Waals surface area (Å²) in [5.41, 5.74) is 1.35. The van der Waals surface area contributed by atoms with Crippen molar-refractivity contribution in [3.05, 3.63) is 52.4 Å². The minimum Gasteiger partial charge on any atom is -0.873 e. The second kappa shape index (κ2) is 24.3. The van der Waals surface area contributed by atoms with E-state index in [9.17, 15) is 54.6 Å². The van der Waals surface area contributed by atoms with E-state index in [1.807, 2.05) is 0 Å². The average Bonchev–Trinajstić information content (AvgIpc) is 3.10. The van der Waals surface area contributed by atoms with Crippen LogP contribution in [0.3, 0.4) is 0 Å². The van der Waals surface area contributed by atoms with Gasteiger partial charge in [-0.15, -0.1) is 17.2 Å². The smallest absolute Gasteiger partial charge is 0.873 e. The quantitative estimate of drug-likeness (QED) is 0.125. The van der Waals surface area contributed by atoms with Gasteiger partial charge in [0.1, 0.15) is 21.1 Å². The molecule has 0 unspecified atom stereocenters. The molecule has 5 amide bonds. The zero-order valence-corrected chi connectivity index (χ0v) is 33.1. The van der Waals surface area contributed by atoms with Crippen molar-refractivity contribution in [2.45, 2.75) is 20.8 Å². The number of nitrogens with one attached hydrogen (secondary N) is 3. The maximum atomic E-state index is 11.3. The van der Waals surface area contributed by atoms with Crippen molar-refractivity contribution in [3.63, 3.8) is 0 Å². The van der Waals surface area contributed by atoms with Crippen LogP contribution in [0, 0.1) is 20.8 Å². The van der Waals surface area contributed by atoms with Gasteiger partial charge in [0.15, 0.2) is 17.1 Å². The van der Waals surface area contributed by atoms with Crippen LogP contribution in [0.5, 0.6) is 34.5 Å². The number of pyridine rings is 3. The summed E-state index contributed by atoms with van der Waals surface area (Å²) in [5.74, 6) is -5.89. The molecule has 0 saturated carbocycles. The zero-order valence-electron chi connectivity index (χ0n) is 32.0. The molecule has 3 heterocycles. The van der Waals surface area contributed by atoms with Crippen LogP contribution in [0.25, 0.3) is 0 Å². The average molecular weight is 788 g/mol. The minimum absolute atomic E-state index is 0. The van der Waals surface area contributed by atoms with Gasteiger partial charge < -0.3 is 56.4 Å². The van der Waals surface area contributed by atoms with E-state index >= 15 is 0 Å². The summed E-state index contributed by atoms with van der Waals surface area (Å²) >= 11 is 0. The van der Waals surface area contributed by atoms with Crippen LogP contribution in [0.15, 0.2) is 18.2 Å². The summed E-state index contributed by atoms with van der Waals surface area (Å²) in [6.07, 6.45) is 1.50. The van der Waals surface area contributed by atoms with Crippen molar-refractivity contribution in [2.24, 2.45) is 21.1 Å². The largest absolute Gasteiger partial charge is 3.00 e. The molecule has 20 heteroatoms. The summed E-state index contributed by atoms with van der Waals surface area (Å²) < 4.78 is 4.22. The number of amides is 5. The third-order valence-electron chi connectivity index (χ3n) is 6.68. The number of rotatable bonds is 5. The van der Waals surface area contributed by atoms with Gasteiger partial charge in [-0.25, -0.2) is 0 Å². The van der Waals surface area contributed by atoms with Gasteiger partial charge in [-0.1, -0.05) is 0 Å². The first-order chi connectivity index (χ1) is 24.0. The van der Waals surface area contributed by atoms with E-state index in [-0.39, 0.29) is 34.2 Å². The molecular formula is C33H47FeN8O11. The molecule has 53 heavy (non-hydrogen) atoms. The number of carbonyl (C=O) groups excluding carboxylic acids is 5. The van der Waals surface area contributed by atoms with Crippen LogP contribution >= 0.6 is 0 Å². The minimum atomic E-state index is -0.766. The molecule has 0 atom stereocenters. The molecule has 19 nitrogen and oxygen atoms in total. The van der Waals surface area contributed by atoms with E-state index in [4.69, 9.17) is 0 Å². The topological polar surface area (TPSA) is 278 Å². The molecule has 0 spiro atoms. The van der Waals surface area contributed by atoms with Crippen LogP contribution in [0.2, 0.25) is 0 Å². The number of hydrogen-bond donors (Lipinski definition) is 3. The van der Waals surface area contributed by atoms with E-state index in [2.05, 4.69) is 16.0 Å². The van der Waals surface area contributed by atoms with Gasteiger partial charge in [-0.2, -0.15) is 13.7 Å². The molecule has 0 bridgehead atoms. The van der Waals surface area contributed by atoms with E-state index in [1.165, 1.54) is 62.8 Å². The Kier molecular flexibility index (Phi) is 23.6. The van der Waals surface area contributed by atoms with Crippen molar-refractivity contribution in [3.8, 4) is 34.5 Å². The Labute approximate surface area is 319 Å². The molecule has 1 radical (unpaired) electrons. The Morgan fingerprint density at radius 1 is 0.528 bits per heavy atom. The van der Waals surface area contributed by atoms with Crippen LogP contribution in [0.1, 0.15) is 48.5 Å². The molecule has 3 aromatic heterocycles. The van der Waals surface area contributed by atoms with Crippen molar-refractivity contribution < 1.29 is 85.4 Å². The summed E-state index contributed by atoms with van der Waals surface area (Å²) in [6, 6.07) is 3.65. The van der Waals surface area contributed by atoms with Gasteiger partial charge in [0, 0.05) is 70.1 Å². The normalized spacial score (nSPS) is 9.15. The van der Waals surface area contributed by atoms with E-state index < -0.39 is 52.2 Å². The Hall–Kier alpha value is -5.88. The molecule has 0 fully saturated rings. The monoisotopic (exact) mass is 787 g/mol. The SMILES string of the molecule is CN(C)C=O.CN(C)C=O.CNC(=O)c1c([O-])c([O-])cc(C)[n+]1C.CNC(=O)c1c([O-])c([O-])cc(C)[n+]1C.CNC(=O)c1c([O-])c([O-])cc(C)[n+]1C.[Fe+3]. The van der Waals surface area contributed by atoms with E-state index in [0.717, 1.165) is 12.8 Å². The van der Waals surface area contributed by atoms with Crippen molar-refractivity contribution in [1.29, 1.82) is 0 Å². The Bertz CT molecular complexity index is 1470. The van der Waals surface area contributed by atoms with Gasteiger partial charge in [0.05, 0.1) is 0 Å². The second-order valence-electron chi connectivity index (χ2n) is 11.0. The Morgan fingerprint density at radius 3 is 0.830 bits per heavy atom. The Morgan fingerprint density at radius 2 is 0.698 bits per heavy atom. The molecule has 0 aliphatic rings. The maximum absolute atomic E-state index is 11.3. The predicted molar refractivity (Wildman–Crippen MR) is 173 cm³/mol. The molecule has 0 aliphatic carbocycles. The summed E-state index contributed by atoms with van der Waals surface area (Å²) in [6.45, 7) is 4.98. The van der Waals surface area contributed by atoms with Crippen LogP contribution in [-0.4, -0.2) is 89.7 Å². The molecule has 3 N–H and O–H groups in total. The number of carbonyl (C=O) groups is 5. The third kappa shape index (κ3) is 15.5. The maximum Gasteiger partial charge on any atom is 3.00 e. The fraction of sp³-hybridized carbons (Fsp3) is 0.394. The van der Waals surface area contributed by atoms with Gasteiger partial charge in [0.25, 0.3) is 17.1 Å². The van der Waals surface area contributed by atoms with Gasteiger partial charge in [0.2, 0.25) is 12.8 Å². The molecule has 293 valence electrons. The zero-order chi connectivity index (χ0) is 41.2. The van der Waals surface area contributed by atoms with E-state index in [1.54, 1.807) is 70.1 Å². The third-order valence-corrected chi connectivity index (χ3v) is 6.68. The molecule has 0 aliphatic heterocycles. The summed E-state index contributed by atoms with van der Waals surface area (Å²) in [4.78, 5) is 55.6. The number of hydrogen-bond acceptors (Lipinski definition) is 11. The number of aryl methyl sites for hydroxylation is 3. The molecule has 3 aromatic rings. The summed E-state index contributed by atoms with van der Waals surface area (Å²) in [5, 5.41) is 74.4. The Balaban J connectivity index is -0.000000622. The van der Waals surface area contributed by atoms with Gasteiger partial charge in [-0.3, -0.25) is 24.0 Å². The molecule has 0 saturated heterocycles. The second-order valence-corrected chi connectivity index (χ2v) is 11.0. The van der Waals surface area contributed by atoms with Crippen LogP contribution in [0.4, 0.5) is 0 Å². The van der Waals surface area contributed by atoms with E-state index in [0.29, 0.717) is 17.1 Å². The van der Waals surface area contributed by atoms with Crippen LogP contribution < -0.4 is 60.3 Å². The van der Waals surface area contributed by atoms with Gasteiger partial charge in [-0.05, 0) is 35.4 Å². The van der Waals surface area contributed by atoms with Gasteiger partial charge >= 0.3 is 34.8 Å². The van der Waals surface area contributed by atoms with Crippen LogP contribution in [-0.2, 0) is 47.8 Å². The summed E-state index contributed by atoms with van der Waals surface area (Å²) in [7, 11) is 15.7. The molecule has 0 aromatic carbocycles. The fourth-order valence-corrected chi connectivity index (χ4v) is 3.51.